The van der Waals surface area contributed by atoms with E-state index in [1.165, 1.54) is 0 Å². The van der Waals surface area contributed by atoms with Crippen LogP contribution in [0.25, 0.3) is 0 Å². The number of anilines is 1. The molecule has 0 atom stereocenters. The number of hydrogen-bond acceptors (Lipinski definition) is 7. The summed E-state index contributed by atoms with van der Waals surface area (Å²) in [6, 6.07) is 7.56. The molecule has 1 saturated heterocycles. The van der Waals surface area contributed by atoms with E-state index in [9.17, 15) is 14.7 Å². The van der Waals surface area contributed by atoms with Crippen LogP contribution in [-0.4, -0.2) is 73.5 Å². The number of amidine groups is 1. The molecule has 0 aliphatic carbocycles. The lowest BCUT2D eigenvalue weighted by atomic mass is 9.83. The van der Waals surface area contributed by atoms with Gasteiger partial charge in [-0.25, -0.2) is 0 Å². The van der Waals surface area contributed by atoms with Crippen molar-refractivity contribution >= 4 is 40.2 Å². The molecular weight excluding hydrogens is 600 g/mol. The second-order valence-corrected chi connectivity index (χ2v) is 12.3. The molecule has 2 aromatic rings. The monoisotopic (exact) mass is 644 g/mol. The number of Topliss-reactive ketones (excluding diaryl/α,β-unsaturated/α-hetero) is 1. The third-order valence-electron chi connectivity index (χ3n) is 8.07. The molecule has 0 saturated carbocycles. The van der Waals surface area contributed by atoms with Crippen LogP contribution in [0.1, 0.15) is 80.1 Å². The van der Waals surface area contributed by atoms with E-state index in [0.717, 1.165) is 28.1 Å². The van der Waals surface area contributed by atoms with E-state index < -0.39 is 5.60 Å². The first-order valence-electron chi connectivity index (χ1n) is 14.3. The van der Waals surface area contributed by atoms with Gasteiger partial charge in [0.15, 0.2) is 5.78 Å². The number of benzene rings is 2. The highest BCUT2D eigenvalue weighted by atomic mass is 79.9. The van der Waals surface area contributed by atoms with Gasteiger partial charge < -0.3 is 29.7 Å². The fourth-order valence-electron chi connectivity index (χ4n) is 5.57. The summed E-state index contributed by atoms with van der Waals surface area (Å²) in [5.41, 5.74) is 3.74. The van der Waals surface area contributed by atoms with Crippen LogP contribution in [0.3, 0.4) is 0 Å². The number of aliphatic hydroxyl groups is 1. The van der Waals surface area contributed by atoms with Gasteiger partial charge in [0.2, 0.25) is 5.91 Å². The lowest BCUT2D eigenvalue weighted by Crippen LogP contribution is -2.42. The summed E-state index contributed by atoms with van der Waals surface area (Å²) in [5, 5.41) is 22.0. The van der Waals surface area contributed by atoms with E-state index in [0.29, 0.717) is 56.0 Å². The Hall–Kier alpha value is -3.11. The summed E-state index contributed by atoms with van der Waals surface area (Å²) < 4.78 is 11.7. The molecule has 42 heavy (non-hydrogen) atoms. The smallest absolute Gasteiger partial charge is 0.224 e. The van der Waals surface area contributed by atoms with Gasteiger partial charge >= 0.3 is 0 Å². The zero-order chi connectivity index (χ0) is 30.1. The lowest BCUT2D eigenvalue weighted by Gasteiger charge is -2.38. The molecule has 0 radical (unpaired) electrons. The zero-order valence-electron chi connectivity index (χ0n) is 25.8. The predicted molar refractivity (Wildman–Crippen MR) is 171 cm³/mol. The molecule has 0 spiro atoms. The van der Waals surface area contributed by atoms with E-state index in [4.69, 9.17) is 14.9 Å². The molecule has 1 amide bonds. The highest BCUT2D eigenvalue weighted by Crippen LogP contribution is 2.42. The van der Waals surface area contributed by atoms with E-state index in [2.05, 4.69) is 31.0 Å². The van der Waals surface area contributed by atoms with Gasteiger partial charge in [-0.2, -0.15) is 0 Å². The van der Waals surface area contributed by atoms with Gasteiger partial charge in [0.1, 0.15) is 17.3 Å². The van der Waals surface area contributed by atoms with Gasteiger partial charge in [0, 0.05) is 48.9 Å². The summed E-state index contributed by atoms with van der Waals surface area (Å²) in [7, 11) is 3.25. The summed E-state index contributed by atoms with van der Waals surface area (Å²) in [5.74, 6) is 1.42. The number of ketones is 1. The van der Waals surface area contributed by atoms with Crippen molar-refractivity contribution in [3.63, 3.8) is 0 Å². The van der Waals surface area contributed by atoms with Crippen LogP contribution < -0.4 is 19.7 Å². The van der Waals surface area contributed by atoms with Crippen LogP contribution in [0.15, 0.2) is 24.3 Å². The van der Waals surface area contributed by atoms with Crippen LogP contribution in [0.5, 0.6) is 11.5 Å². The maximum atomic E-state index is 13.8. The summed E-state index contributed by atoms with van der Waals surface area (Å²) in [4.78, 5) is 29.9. The number of amides is 1. The largest absolute Gasteiger partial charge is 0.494 e. The topological polar surface area (TPSA) is 115 Å². The van der Waals surface area contributed by atoms with Gasteiger partial charge in [-0.3, -0.25) is 15.0 Å². The predicted octanol–water partition coefficient (Wildman–Crippen LogP) is 4.63. The Morgan fingerprint density at radius 2 is 1.81 bits per heavy atom. The van der Waals surface area contributed by atoms with Gasteiger partial charge in [-0.15, -0.1) is 17.0 Å². The minimum absolute atomic E-state index is 0. The molecular formula is C32H45BrN4O5. The second kappa shape index (κ2) is 13.0. The Labute approximate surface area is 259 Å². The number of fused-ring (bicyclic) bond motifs is 1. The number of hydrogen-bond donors (Lipinski definition) is 3. The number of likely N-dealkylation sites (N-methyl/N-ethyl adjacent to an activating group) is 1. The van der Waals surface area contributed by atoms with Crippen LogP contribution in [0.2, 0.25) is 0 Å². The van der Waals surface area contributed by atoms with E-state index >= 15 is 0 Å². The molecule has 3 N–H and O–H groups in total. The van der Waals surface area contributed by atoms with Crippen molar-refractivity contribution in [2.45, 2.75) is 71.4 Å². The van der Waals surface area contributed by atoms with Crippen LogP contribution in [-0.2, 0) is 23.2 Å². The number of nitrogens with zero attached hydrogens (tertiary/aromatic N) is 2. The van der Waals surface area contributed by atoms with Crippen molar-refractivity contribution in [3.8, 4) is 11.5 Å². The first kappa shape index (κ1) is 33.4. The minimum Gasteiger partial charge on any atom is -0.494 e. The highest BCUT2D eigenvalue weighted by Gasteiger charge is 2.33. The van der Waals surface area contributed by atoms with Crippen molar-refractivity contribution in [2.75, 3.05) is 45.3 Å². The Kier molecular flexibility index (Phi) is 10.4. The average molecular weight is 646 g/mol. The second-order valence-electron chi connectivity index (χ2n) is 12.3. The third-order valence-corrected chi connectivity index (χ3v) is 8.07. The van der Waals surface area contributed by atoms with Crippen molar-refractivity contribution in [1.29, 1.82) is 5.41 Å². The number of halogens is 1. The number of rotatable bonds is 9. The highest BCUT2D eigenvalue weighted by molar-refractivity contribution is 8.93. The van der Waals surface area contributed by atoms with Crippen molar-refractivity contribution in [2.24, 2.45) is 0 Å². The Balaban J connectivity index is 0.00000484. The quantitative estimate of drug-likeness (QED) is 0.341. The summed E-state index contributed by atoms with van der Waals surface area (Å²) in [6.07, 6.45) is 1.42. The zero-order valence-corrected chi connectivity index (χ0v) is 27.6. The summed E-state index contributed by atoms with van der Waals surface area (Å²) >= 11 is 0. The van der Waals surface area contributed by atoms with Gasteiger partial charge in [-0.05, 0) is 61.9 Å². The molecule has 0 bridgehead atoms. The molecule has 2 heterocycles. The molecule has 1 fully saturated rings. The molecule has 0 unspecified atom stereocenters. The molecule has 230 valence electrons. The van der Waals surface area contributed by atoms with Crippen LogP contribution >= 0.6 is 17.0 Å². The Morgan fingerprint density at radius 3 is 2.38 bits per heavy atom. The Bertz CT molecular complexity index is 1340. The molecule has 0 aromatic heterocycles. The normalized spacial score (nSPS) is 16.0. The molecule has 10 heteroatoms. The summed E-state index contributed by atoms with van der Waals surface area (Å²) in [6.45, 7) is 12.3. The fraction of sp³-hybridized carbons (Fsp3) is 0.531. The van der Waals surface area contributed by atoms with Crippen molar-refractivity contribution < 1.29 is 24.2 Å². The molecule has 4 rings (SSSR count). The first-order valence-corrected chi connectivity index (χ1v) is 14.3. The number of piperidine rings is 1. The van der Waals surface area contributed by atoms with Crippen LogP contribution in [0.4, 0.5) is 5.69 Å². The maximum Gasteiger partial charge on any atom is 0.224 e. The third kappa shape index (κ3) is 7.09. The van der Waals surface area contributed by atoms with Gasteiger partial charge in [0.05, 0.1) is 38.0 Å². The molecule has 2 aliphatic rings. The van der Waals surface area contributed by atoms with Crippen LogP contribution in [0, 0.1) is 5.41 Å². The number of carbonyl (C=O) groups is 2. The van der Waals surface area contributed by atoms with E-state index in [1.807, 2.05) is 38.1 Å². The van der Waals surface area contributed by atoms with Crippen molar-refractivity contribution in [3.05, 3.63) is 52.1 Å². The minimum atomic E-state index is -0.697. The standard InChI is InChI=1S/C32H44N4O5.BrH/c1-8-41-27-16-22-18-36(30(33)23(22)13-21(27)17-28(38)34-6)19-26(37)20-14-24(31(2,3)4)29(40-7)25(15-20)35-11-9-32(5,39)10-12-35;/h13-16,33,39H,8-12,17-19H2,1-7H3,(H,34,38);1H. The Morgan fingerprint density at radius 1 is 1.14 bits per heavy atom. The van der Waals surface area contributed by atoms with Crippen molar-refractivity contribution in [1.82, 2.24) is 10.2 Å². The van der Waals surface area contributed by atoms with E-state index in [-0.39, 0.29) is 52.9 Å². The SMILES string of the molecule is Br.CCOc1cc2c(cc1CC(=O)NC)C(=N)N(CC(=O)c1cc(N3CCC(C)(O)CC3)c(OC)c(C(C)(C)C)c1)C2. The number of nitrogens with one attached hydrogen (secondary N) is 2. The van der Waals surface area contributed by atoms with E-state index in [1.54, 1.807) is 19.1 Å². The fourth-order valence-corrected chi connectivity index (χ4v) is 5.57. The lowest BCUT2D eigenvalue weighted by molar-refractivity contribution is -0.120. The molecule has 2 aliphatic heterocycles. The maximum absolute atomic E-state index is 13.8. The molecule has 9 nitrogen and oxygen atoms in total. The number of carbonyl (C=O) groups excluding carboxylic acids is 2. The average Bonchev–Trinajstić information content (AvgIpc) is 3.21. The molecule has 2 aromatic carbocycles. The van der Waals surface area contributed by atoms with Gasteiger partial charge in [0.25, 0.3) is 0 Å². The van der Waals surface area contributed by atoms with Gasteiger partial charge in [-0.1, -0.05) is 20.8 Å². The first-order chi connectivity index (χ1) is 19.3. The number of methoxy groups -OCH3 is 1. The number of ether oxygens (including phenoxy) is 2.